The molecule has 0 saturated heterocycles. The molecule has 2 aromatic rings. The second kappa shape index (κ2) is 7.93. The van der Waals surface area contributed by atoms with Crippen LogP contribution in [0.15, 0.2) is 60.7 Å². The molecular weight excluding hydrogens is 308 g/mol. The number of carbonyl (C=O) groups is 1. The highest BCUT2D eigenvalue weighted by Crippen LogP contribution is 2.44. The van der Waals surface area contributed by atoms with E-state index in [-0.39, 0.29) is 10.6 Å². The van der Waals surface area contributed by atoms with Crippen molar-refractivity contribution < 1.29 is 4.79 Å². The summed E-state index contributed by atoms with van der Waals surface area (Å²) >= 11 is 0. The van der Waals surface area contributed by atoms with Crippen LogP contribution < -0.4 is 10.4 Å². The zero-order valence-electron chi connectivity index (χ0n) is 15.5. The van der Waals surface area contributed by atoms with E-state index in [1.165, 1.54) is 16.7 Å². The summed E-state index contributed by atoms with van der Waals surface area (Å²) in [7, 11) is -2.28. The Bertz CT molecular complexity index is 589. The first kappa shape index (κ1) is 18.7. The van der Waals surface area contributed by atoms with Crippen molar-refractivity contribution in [2.45, 2.75) is 57.5 Å². The fourth-order valence-corrected chi connectivity index (χ4v) is 10.5. The molecule has 2 heteroatoms. The number of rotatable bonds is 7. The van der Waals surface area contributed by atoms with Crippen molar-refractivity contribution in [3.63, 3.8) is 0 Å². The molecule has 0 aromatic heterocycles. The van der Waals surface area contributed by atoms with Gasteiger partial charge in [-0.2, -0.15) is 0 Å². The first-order valence-corrected chi connectivity index (χ1v) is 11.1. The minimum absolute atomic E-state index is 0.0506. The summed E-state index contributed by atoms with van der Waals surface area (Å²) in [4.78, 5) is 12.3. The van der Waals surface area contributed by atoms with Crippen molar-refractivity contribution >= 4 is 24.7 Å². The Hall–Kier alpha value is -1.67. The van der Waals surface area contributed by atoms with Gasteiger partial charge in [0, 0.05) is 5.54 Å². The lowest BCUT2D eigenvalue weighted by Crippen LogP contribution is -2.67. The maximum absolute atomic E-state index is 12.3. The molecule has 2 rings (SSSR count). The third kappa shape index (κ3) is 3.39. The number of hydrogen-bond donors (Lipinski definition) is 0. The minimum atomic E-state index is -2.28. The second-order valence-electron chi connectivity index (χ2n) is 7.67. The van der Waals surface area contributed by atoms with E-state index in [9.17, 15) is 4.79 Å². The molecule has 0 bridgehead atoms. The molecule has 0 radical (unpaired) electrons. The van der Waals surface area contributed by atoms with Crippen LogP contribution in [0.3, 0.4) is 0 Å². The lowest BCUT2D eigenvalue weighted by atomic mass is 10.2. The third-order valence-electron chi connectivity index (χ3n) is 5.23. The average molecular weight is 339 g/mol. The molecule has 0 fully saturated rings. The van der Waals surface area contributed by atoms with Crippen LogP contribution in [0.25, 0.3) is 0 Å². The topological polar surface area (TPSA) is 17.1 Å². The van der Waals surface area contributed by atoms with Gasteiger partial charge in [0.25, 0.3) is 0 Å². The Morgan fingerprint density at radius 2 is 1.38 bits per heavy atom. The van der Waals surface area contributed by atoms with E-state index < -0.39 is 8.07 Å². The highest BCUT2D eigenvalue weighted by atomic mass is 28.3. The number of carbonyl (C=O) groups excluding carboxylic acids is 1. The molecule has 0 aliphatic carbocycles. The van der Waals surface area contributed by atoms with Gasteiger partial charge in [-0.05, 0) is 11.5 Å². The van der Waals surface area contributed by atoms with Crippen LogP contribution in [0.4, 0.5) is 0 Å². The van der Waals surface area contributed by atoms with E-state index in [0.29, 0.717) is 0 Å². The molecule has 0 aliphatic heterocycles. The van der Waals surface area contributed by atoms with E-state index in [1.807, 2.05) is 0 Å². The van der Waals surface area contributed by atoms with E-state index in [4.69, 9.17) is 0 Å². The van der Waals surface area contributed by atoms with Gasteiger partial charge in [-0.3, -0.25) is 0 Å². The Balaban J connectivity index is 2.77. The molecule has 128 valence electrons. The monoisotopic (exact) mass is 338 g/mol. The Morgan fingerprint density at radius 1 is 0.917 bits per heavy atom. The lowest BCUT2D eigenvalue weighted by Gasteiger charge is -2.47. The van der Waals surface area contributed by atoms with Gasteiger partial charge in [0.15, 0.2) is 0 Å². The van der Waals surface area contributed by atoms with Crippen LogP contribution in [-0.4, -0.2) is 14.4 Å². The molecule has 1 nitrogen and oxygen atoms in total. The number of benzene rings is 2. The number of aldehydes is 1. The first-order valence-electron chi connectivity index (χ1n) is 9.04. The predicted octanol–water partition coefficient (Wildman–Crippen LogP) is 4.81. The molecule has 1 atom stereocenters. The van der Waals surface area contributed by atoms with Gasteiger partial charge in [0.1, 0.15) is 14.4 Å². The molecule has 0 saturated carbocycles. The molecular formula is C22H30OSi. The van der Waals surface area contributed by atoms with Crippen LogP contribution >= 0.6 is 0 Å². The molecule has 0 aliphatic rings. The zero-order chi connectivity index (χ0) is 17.6. The second-order valence-corrected chi connectivity index (χ2v) is 12.7. The zero-order valence-corrected chi connectivity index (χ0v) is 16.5. The van der Waals surface area contributed by atoms with Crippen molar-refractivity contribution in [1.82, 2.24) is 0 Å². The van der Waals surface area contributed by atoms with Gasteiger partial charge < -0.3 is 4.79 Å². The molecule has 0 unspecified atom stereocenters. The van der Waals surface area contributed by atoms with Crippen molar-refractivity contribution in [1.29, 1.82) is 0 Å². The number of hydrogen-bond acceptors (Lipinski definition) is 1. The van der Waals surface area contributed by atoms with Crippen molar-refractivity contribution in [2.75, 3.05) is 0 Å². The highest BCUT2D eigenvalue weighted by molar-refractivity contribution is 7.06. The Labute approximate surface area is 148 Å². The van der Waals surface area contributed by atoms with Crippen LogP contribution in [-0.2, 0) is 4.79 Å². The van der Waals surface area contributed by atoms with Crippen LogP contribution in [0.5, 0.6) is 0 Å². The van der Waals surface area contributed by atoms with E-state index >= 15 is 0 Å². The maximum Gasteiger partial charge on any atom is 0.133 e. The molecule has 0 amide bonds. The van der Waals surface area contributed by atoms with Crippen LogP contribution in [0.1, 0.15) is 47.0 Å². The minimum Gasteiger partial charge on any atom is -0.303 e. The normalized spacial score (nSPS) is 13.5. The summed E-state index contributed by atoms with van der Waals surface area (Å²) in [5.41, 5.74) is 0.0993. The van der Waals surface area contributed by atoms with Gasteiger partial charge in [0.2, 0.25) is 0 Å². The third-order valence-corrected chi connectivity index (χ3v) is 11.6. The van der Waals surface area contributed by atoms with Crippen LogP contribution in [0, 0.1) is 0 Å². The summed E-state index contributed by atoms with van der Waals surface area (Å²) in [5, 5.41) is 2.79. The predicted molar refractivity (Wildman–Crippen MR) is 107 cm³/mol. The average Bonchev–Trinajstić information content (AvgIpc) is 2.59. The highest BCUT2D eigenvalue weighted by Gasteiger charge is 2.52. The van der Waals surface area contributed by atoms with Crippen molar-refractivity contribution in [2.24, 2.45) is 0 Å². The summed E-state index contributed by atoms with van der Waals surface area (Å²) < 4.78 is 0. The SMILES string of the molecule is CCCC[C@@H](C=O)[Si](c1ccccc1)(c1ccccc1)C(C)(C)C. The van der Waals surface area contributed by atoms with E-state index in [1.54, 1.807) is 0 Å². The fraction of sp³-hybridized carbons (Fsp3) is 0.409. The molecule has 0 N–H and O–H groups in total. The fourth-order valence-electron chi connectivity index (χ4n) is 4.23. The Morgan fingerprint density at radius 3 is 1.71 bits per heavy atom. The molecule has 24 heavy (non-hydrogen) atoms. The summed E-state index contributed by atoms with van der Waals surface area (Å²) in [5.74, 6) is 0. The molecule has 2 aromatic carbocycles. The van der Waals surface area contributed by atoms with Gasteiger partial charge in [-0.25, -0.2) is 0 Å². The smallest absolute Gasteiger partial charge is 0.133 e. The quantitative estimate of drug-likeness (QED) is 0.523. The van der Waals surface area contributed by atoms with Gasteiger partial charge >= 0.3 is 0 Å². The summed E-state index contributed by atoms with van der Waals surface area (Å²) in [6, 6.07) is 21.6. The van der Waals surface area contributed by atoms with E-state index in [0.717, 1.165) is 19.3 Å². The number of unbranched alkanes of at least 4 members (excludes halogenated alkanes) is 1. The summed E-state index contributed by atoms with van der Waals surface area (Å²) in [6.07, 6.45) is 4.47. The standard InChI is InChI=1S/C22H30OSi/c1-5-6-13-21(18-23)24(22(2,3)4,19-14-9-7-10-15-19)20-16-11-8-12-17-20/h7-12,14-18,21H,5-6,13H2,1-4H3/t21-/m0/s1. The largest absolute Gasteiger partial charge is 0.303 e. The maximum atomic E-state index is 12.3. The first-order chi connectivity index (χ1) is 11.5. The van der Waals surface area contributed by atoms with E-state index in [2.05, 4.69) is 88.4 Å². The van der Waals surface area contributed by atoms with Gasteiger partial charge in [-0.15, -0.1) is 0 Å². The Kier molecular flexibility index (Phi) is 6.17. The molecule has 0 heterocycles. The lowest BCUT2D eigenvalue weighted by molar-refractivity contribution is -0.108. The van der Waals surface area contributed by atoms with Crippen molar-refractivity contribution in [3.05, 3.63) is 60.7 Å². The van der Waals surface area contributed by atoms with Crippen molar-refractivity contribution in [3.8, 4) is 0 Å². The van der Waals surface area contributed by atoms with Gasteiger partial charge in [-0.1, -0.05) is 112 Å². The molecule has 0 spiro atoms. The van der Waals surface area contributed by atoms with Gasteiger partial charge in [0.05, 0.1) is 0 Å². The van der Waals surface area contributed by atoms with Crippen LogP contribution in [0.2, 0.25) is 10.6 Å². The summed E-state index contributed by atoms with van der Waals surface area (Å²) in [6.45, 7) is 9.16.